The molecule has 0 rings (SSSR count). The Bertz CT molecular complexity index is 3.25. The Morgan fingerprint density at radius 3 is 0.500 bits per heavy atom. The van der Waals surface area contributed by atoms with Crippen LogP contribution in [0, 0.1) is 0 Å². The molecule has 0 saturated heterocycles. The molecule has 0 spiro atoms. The van der Waals surface area contributed by atoms with E-state index in [0.29, 0.717) is 0 Å². The smallest absolute Gasteiger partial charge is 0 e. The standard InChI is InChI=1S/3Al.Zr.9H. The van der Waals surface area contributed by atoms with Crippen molar-refractivity contribution in [1.82, 2.24) is 0 Å². The molecular formula is H9Al3Zr. The molecule has 0 heterocycles. The molecule has 0 aromatic heterocycles. The minimum atomic E-state index is 0. The first-order chi connectivity index (χ1) is 0. The fourth-order valence-electron chi connectivity index (χ4n) is 0. The Kier molecular flexibility index (Phi) is 141. The number of rotatable bonds is 0. The van der Waals surface area contributed by atoms with E-state index >= 15 is 0 Å². The van der Waals surface area contributed by atoms with E-state index in [4.69, 9.17) is 0 Å². The molecule has 4 heavy (non-hydrogen) atoms. The fourth-order valence-corrected chi connectivity index (χ4v) is 0. The molecular weight excluding hydrogens is 172 g/mol. The third-order valence-corrected chi connectivity index (χ3v) is 0. The molecule has 0 radical (unpaired) electrons. The molecule has 4 heteroatoms. The molecule has 0 aliphatic rings. The van der Waals surface area contributed by atoms with E-state index in [1.54, 1.807) is 0 Å². The van der Waals surface area contributed by atoms with Gasteiger partial charge in [-0.25, -0.2) is 0 Å². The number of hydrogen-bond donors (Lipinski definition) is 0. The molecule has 0 aliphatic carbocycles. The van der Waals surface area contributed by atoms with Crippen LogP contribution in [0.15, 0.2) is 0 Å². The van der Waals surface area contributed by atoms with Gasteiger partial charge in [0.1, 0.15) is 0 Å². The van der Waals surface area contributed by atoms with Crippen LogP contribution < -0.4 is 0 Å². The van der Waals surface area contributed by atoms with Crippen molar-refractivity contribution in [2.75, 3.05) is 0 Å². The SMILES string of the molecule is [AlH3].[AlH3].[AlH3].[Zr]. The topological polar surface area (TPSA) is 0 Å². The maximum absolute atomic E-state index is 0. The monoisotopic (exact) mass is 180 g/mol. The van der Waals surface area contributed by atoms with Crippen LogP contribution in [-0.4, -0.2) is 52.1 Å². The normalized spacial score (nSPS) is 0. The predicted molar refractivity (Wildman–Crippen MR) is 29.8 cm³/mol. The van der Waals surface area contributed by atoms with E-state index in [1.165, 1.54) is 0 Å². The van der Waals surface area contributed by atoms with Crippen LogP contribution in [0.2, 0.25) is 0 Å². The molecule has 0 aromatic carbocycles. The fraction of sp³-hybridized carbons (Fsp3) is 0. The molecule has 0 aromatic rings. The van der Waals surface area contributed by atoms with Gasteiger partial charge in [0.25, 0.3) is 0 Å². The summed E-state index contributed by atoms with van der Waals surface area (Å²) >= 11 is 0. The Morgan fingerprint density at radius 2 is 0.500 bits per heavy atom. The first-order valence-corrected chi connectivity index (χ1v) is 0. The van der Waals surface area contributed by atoms with Crippen molar-refractivity contribution < 1.29 is 26.2 Å². The van der Waals surface area contributed by atoms with Crippen LogP contribution in [-0.2, 0) is 26.2 Å². The largest absolute Gasteiger partial charge is 0.187 e. The average Bonchev–Trinajstić information content (AvgIpc) is 0. The van der Waals surface area contributed by atoms with Gasteiger partial charge in [0.05, 0.1) is 0 Å². The van der Waals surface area contributed by atoms with E-state index in [1.807, 2.05) is 0 Å². The Morgan fingerprint density at radius 1 is 0.500 bits per heavy atom. The van der Waals surface area contributed by atoms with E-state index in [-0.39, 0.29) is 78.3 Å². The molecule has 0 atom stereocenters. The van der Waals surface area contributed by atoms with Crippen LogP contribution in [0.5, 0.6) is 0 Å². The third kappa shape index (κ3) is 8.82. The summed E-state index contributed by atoms with van der Waals surface area (Å²) in [6, 6.07) is 0. The van der Waals surface area contributed by atoms with Crippen LogP contribution >= 0.6 is 0 Å². The number of hydrogen-bond acceptors (Lipinski definition) is 0. The second kappa shape index (κ2) is 17.9. The molecule has 22 valence electrons. The summed E-state index contributed by atoms with van der Waals surface area (Å²) in [5, 5.41) is 0. The van der Waals surface area contributed by atoms with Crippen molar-refractivity contribution in [2.45, 2.75) is 0 Å². The summed E-state index contributed by atoms with van der Waals surface area (Å²) in [5.74, 6) is 0. The zero-order valence-electron chi connectivity index (χ0n) is 0.500. The third-order valence-electron chi connectivity index (χ3n) is 0. The first-order valence-electron chi connectivity index (χ1n) is 0. The van der Waals surface area contributed by atoms with Crippen LogP contribution in [0.3, 0.4) is 0 Å². The van der Waals surface area contributed by atoms with Crippen molar-refractivity contribution in [3.63, 3.8) is 0 Å². The second-order valence-corrected chi connectivity index (χ2v) is 0. The van der Waals surface area contributed by atoms with Gasteiger partial charge in [-0.1, -0.05) is 0 Å². The Balaban J connectivity index is 0. The maximum Gasteiger partial charge on any atom is 0.187 e. The minimum Gasteiger partial charge on any atom is 0 e. The zero-order chi connectivity index (χ0) is 0. The summed E-state index contributed by atoms with van der Waals surface area (Å²) in [7, 11) is 0. The second-order valence-electron chi connectivity index (χ2n) is 0. The van der Waals surface area contributed by atoms with E-state index in [0.717, 1.165) is 0 Å². The van der Waals surface area contributed by atoms with Crippen molar-refractivity contribution in [3.8, 4) is 0 Å². The summed E-state index contributed by atoms with van der Waals surface area (Å²) < 4.78 is 0. The van der Waals surface area contributed by atoms with Crippen molar-refractivity contribution in [2.24, 2.45) is 0 Å². The van der Waals surface area contributed by atoms with Gasteiger partial charge in [-0.2, -0.15) is 0 Å². The van der Waals surface area contributed by atoms with Gasteiger partial charge in [0.2, 0.25) is 0 Å². The Hall–Kier alpha value is 2.48. The Labute approximate surface area is 77.2 Å². The van der Waals surface area contributed by atoms with Crippen LogP contribution in [0.25, 0.3) is 0 Å². The van der Waals surface area contributed by atoms with Crippen LogP contribution in [0.4, 0.5) is 0 Å². The van der Waals surface area contributed by atoms with Gasteiger partial charge in [-0.15, -0.1) is 0 Å². The van der Waals surface area contributed by atoms with Crippen molar-refractivity contribution in [3.05, 3.63) is 0 Å². The van der Waals surface area contributed by atoms with Crippen molar-refractivity contribution in [1.29, 1.82) is 0 Å². The first kappa shape index (κ1) is 31.6. The molecule has 0 amide bonds. The predicted octanol–water partition coefficient (Wildman–Crippen LogP) is -3.55. The van der Waals surface area contributed by atoms with Gasteiger partial charge >= 0.3 is 0 Å². The molecule has 0 bridgehead atoms. The molecule has 0 unspecified atom stereocenters. The van der Waals surface area contributed by atoms with Gasteiger partial charge < -0.3 is 0 Å². The summed E-state index contributed by atoms with van der Waals surface area (Å²) in [6.07, 6.45) is 0. The average molecular weight is 181 g/mol. The summed E-state index contributed by atoms with van der Waals surface area (Å²) in [4.78, 5) is 0. The quantitative estimate of drug-likeness (QED) is 0.339. The van der Waals surface area contributed by atoms with Gasteiger partial charge in [0, 0.05) is 26.2 Å². The molecule has 0 N–H and O–H groups in total. The van der Waals surface area contributed by atoms with Gasteiger partial charge in [-0.05, 0) is 0 Å². The van der Waals surface area contributed by atoms with Gasteiger partial charge in [-0.3, -0.25) is 0 Å². The van der Waals surface area contributed by atoms with E-state index < -0.39 is 0 Å². The molecule has 0 aliphatic heterocycles. The van der Waals surface area contributed by atoms with E-state index in [9.17, 15) is 0 Å². The van der Waals surface area contributed by atoms with E-state index in [2.05, 4.69) is 0 Å². The minimum absolute atomic E-state index is 0. The summed E-state index contributed by atoms with van der Waals surface area (Å²) in [6.45, 7) is 0. The van der Waals surface area contributed by atoms with Crippen LogP contribution in [0.1, 0.15) is 0 Å². The maximum atomic E-state index is 0. The molecule has 0 fully saturated rings. The zero-order valence-corrected chi connectivity index (χ0v) is 2.96. The molecule has 0 nitrogen and oxygen atoms in total. The van der Waals surface area contributed by atoms with Crippen molar-refractivity contribution >= 4 is 52.1 Å². The summed E-state index contributed by atoms with van der Waals surface area (Å²) in [5.41, 5.74) is 0. The van der Waals surface area contributed by atoms with Gasteiger partial charge in [0.15, 0.2) is 52.1 Å². The molecule has 0 saturated carbocycles.